The van der Waals surface area contributed by atoms with E-state index < -0.39 is 0 Å². The lowest BCUT2D eigenvalue weighted by Gasteiger charge is -2.13. The Hall–Kier alpha value is -1.26. The van der Waals surface area contributed by atoms with Gasteiger partial charge in [-0.05, 0) is 50.2 Å². The quantitative estimate of drug-likeness (QED) is 0.686. The minimum Gasteiger partial charge on any atom is -0.496 e. The number of hydrogen-bond donors (Lipinski definition) is 2. The number of ether oxygens (including phenoxy) is 2. The first-order chi connectivity index (χ1) is 8.72. The van der Waals surface area contributed by atoms with Crippen LogP contribution in [0.15, 0.2) is 12.1 Å². The summed E-state index contributed by atoms with van der Waals surface area (Å²) in [6.45, 7) is 4.91. The maximum atomic E-state index is 5.41. The minimum absolute atomic E-state index is 0.918. The summed E-state index contributed by atoms with van der Waals surface area (Å²) in [5.41, 5.74) is 2.28. The molecule has 2 N–H and O–H groups in total. The van der Waals surface area contributed by atoms with Gasteiger partial charge in [-0.15, -0.1) is 0 Å². The molecule has 0 aliphatic heterocycles. The molecule has 0 amide bonds. The average molecular weight is 252 g/mol. The van der Waals surface area contributed by atoms with Crippen LogP contribution in [0.2, 0.25) is 0 Å². The molecule has 1 aromatic carbocycles. The van der Waals surface area contributed by atoms with Gasteiger partial charge in [-0.25, -0.2) is 0 Å². The Kier molecular flexibility index (Phi) is 6.54. The molecule has 1 rings (SSSR count). The van der Waals surface area contributed by atoms with Crippen LogP contribution in [0.25, 0.3) is 0 Å². The lowest BCUT2D eigenvalue weighted by molar-refractivity contribution is 0.396. The molecule has 0 aliphatic rings. The molecule has 4 heteroatoms. The Balaban J connectivity index is 2.62. The highest BCUT2D eigenvalue weighted by Crippen LogP contribution is 2.28. The van der Waals surface area contributed by atoms with Crippen molar-refractivity contribution in [2.45, 2.75) is 13.3 Å². The van der Waals surface area contributed by atoms with Crippen LogP contribution in [0.1, 0.15) is 11.1 Å². The monoisotopic (exact) mass is 252 g/mol. The van der Waals surface area contributed by atoms with E-state index in [-0.39, 0.29) is 0 Å². The number of likely N-dealkylation sites (N-methyl/N-ethyl adjacent to an activating group) is 1. The number of methoxy groups -OCH3 is 2. The number of aryl methyl sites for hydroxylation is 1. The first-order valence-corrected chi connectivity index (χ1v) is 6.29. The minimum atomic E-state index is 0.918. The lowest BCUT2D eigenvalue weighted by atomic mass is 10.1. The summed E-state index contributed by atoms with van der Waals surface area (Å²) in [5, 5.41) is 6.49. The highest BCUT2D eigenvalue weighted by atomic mass is 16.5. The normalized spacial score (nSPS) is 10.4. The van der Waals surface area contributed by atoms with Crippen molar-refractivity contribution in [3.05, 3.63) is 23.3 Å². The van der Waals surface area contributed by atoms with Crippen molar-refractivity contribution in [2.75, 3.05) is 40.9 Å². The molecule has 0 spiro atoms. The topological polar surface area (TPSA) is 42.5 Å². The zero-order valence-electron chi connectivity index (χ0n) is 11.8. The summed E-state index contributed by atoms with van der Waals surface area (Å²) in [6, 6.07) is 4.09. The van der Waals surface area contributed by atoms with Gasteiger partial charge in [0.25, 0.3) is 0 Å². The summed E-state index contributed by atoms with van der Waals surface area (Å²) in [5.74, 6) is 1.85. The van der Waals surface area contributed by atoms with Crippen LogP contribution >= 0.6 is 0 Å². The van der Waals surface area contributed by atoms with Gasteiger partial charge in [0.15, 0.2) is 0 Å². The largest absolute Gasteiger partial charge is 0.496 e. The molecular weight excluding hydrogens is 228 g/mol. The number of hydrogen-bond acceptors (Lipinski definition) is 4. The molecule has 0 saturated carbocycles. The second kappa shape index (κ2) is 7.95. The van der Waals surface area contributed by atoms with Gasteiger partial charge >= 0.3 is 0 Å². The van der Waals surface area contributed by atoms with Crippen molar-refractivity contribution in [2.24, 2.45) is 0 Å². The Labute approximate surface area is 110 Å². The van der Waals surface area contributed by atoms with E-state index in [0.717, 1.165) is 43.1 Å². The third-order valence-corrected chi connectivity index (χ3v) is 2.92. The van der Waals surface area contributed by atoms with Crippen molar-refractivity contribution in [3.63, 3.8) is 0 Å². The van der Waals surface area contributed by atoms with Gasteiger partial charge in [-0.3, -0.25) is 0 Å². The van der Waals surface area contributed by atoms with Gasteiger partial charge in [-0.1, -0.05) is 0 Å². The van der Waals surface area contributed by atoms with Crippen LogP contribution in [-0.4, -0.2) is 40.9 Å². The molecule has 0 heterocycles. The Bertz CT molecular complexity index is 367. The van der Waals surface area contributed by atoms with Crippen molar-refractivity contribution in [1.82, 2.24) is 10.6 Å². The Morgan fingerprint density at radius 2 is 1.72 bits per heavy atom. The second-order valence-corrected chi connectivity index (χ2v) is 4.24. The Morgan fingerprint density at radius 3 is 2.33 bits per heavy atom. The molecule has 1 aromatic rings. The lowest BCUT2D eigenvalue weighted by Crippen LogP contribution is -2.26. The van der Waals surface area contributed by atoms with Gasteiger partial charge in [0, 0.05) is 13.1 Å². The van der Waals surface area contributed by atoms with E-state index in [4.69, 9.17) is 9.47 Å². The van der Waals surface area contributed by atoms with Crippen LogP contribution in [-0.2, 0) is 6.42 Å². The van der Waals surface area contributed by atoms with Crippen LogP contribution in [0, 0.1) is 6.92 Å². The molecule has 0 aromatic heterocycles. The number of nitrogens with one attached hydrogen (secondary N) is 2. The molecule has 0 fully saturated rings. The van der Waals surface area contributed by atoms with E-state index in [9.17, 15) is 0 Å². The molecular formula is C14H24N2O2. The predicted molar refractivity (Wildman–Crippen MR) is 74.8 cm³/mol. The van der Waals surface area contributed by atoms with E-state index in [1.807, 2.05) is 20.0 Å². The molecule has 0 unspecified atom stereocenters. The molecule has 102 valence electrons. The highest BCUT2D eigenvalue weighted by molar-refractivity contribution is 5.46. The summed E-state index contributed by atoms with van der Waals surface area (Å²) in [4.78, 5) is 0. The van der Waals surface area contributed by atoms with Gasteiger partial charge in [0.1, 0.15) is 11.5 Å². The fourth-order valence-corrected chi connectivity index (χ4v) is 1.87. The maximum absolute atomic E-state index is 5.41. The maximum Gasteiger partial charge on any atom is 0.122 e. The number of benzene rings is 1. The third-order valence-electron chi connectivity index (χ3n) is 2.92. The van der Waals surface area contributed by atoms with Gasteiger partial charge < -0.3 is 20.1 Å². The Morgan fingerprint density at radius 1 is 1.00 bits per heavy atom. The van der Waals surface area contributed by atoms with Crippen LogP contribution in [0.3, 0.4) is 0 Å². The molecule has 0 radical (unpaired) electrons. The fourth-order valence-electron chi connectivity index (χ4n) is 1.87. The fraction of sp³-hybridized carbons (Fsp3) is 0.571. The highest BCUT2D eigenvalue weighted by Gasteiger charge is 2.08. The van der Waals surface area contributed by atoms with E-state index >= 15 is 0 Å². The van der Waals surface area contributed by atoms with Crippen molar-refractivity contribution >= 4 is 0 Å². The van der Waals surface area contributed by atoms with Crippen molar-refractivity contribution < 1.29 is 9.47 Å². The van der Waals surface area contributed by atoms with Crippen molar-refractivity contribution in [3.8, 4) is 11.5 Å². The average Bonchev–Trinajstić information content (AvgIpc) is 2.39. The van der Waals surface area contributed by atoms with E-state index in [1.54, 1.807) is 14.2 Å². The van der Waals surface area contributed by atoms with Crippen molar-refractivity contribution in [1.29, 1.82) is 0 Å². The number of rotatable bonds is 8. The summed E-state index contributed by atoms with van der Waals surface area (Å²) in [6.07, 6.45) is 0.934. The van der Waals surface area contributed by atoms with Crippen LogP contribution in [0.4, 0.5) is 0 Å². The standard InChI is InChI=1S/C14H24N2O2/c1-11-9-14(18-4)12(10-13(11)17-3)5-6-16-8-7-15-2/h9-10,15-16H,5-8H2,1-4H3. The second-order valence-electron chi connectivity index (χ2n) is 4.24. The zero-order valence-corrected chi connectivity index (χ0v) is 11.8. The SMILES string of the molecule is CNCCNCCc1cc(OC)c(C)cc1OC. The van der Waals surface area contributed by atoms with E-state index in [0.29, 0.717) is 0 Å². The first-order valence-electron chi connectivity index (χ1n) is 6.29. The summed E-state index contributed by atoms with van der Waals surface area (Å²) >= 11 is 0. The van der Waals surface area contributed by atoms with Crippen LogP contribution < -0.4 is 20.1 Å². The molecule has 0 atom stereocenters. The summed E-state index contributed by atoms with van der Waals surface area (Å²) in [7, 11) is 5.36. The third kappa shape index (κ3) is 4.20. The zero-order chi connectivity index (χ0) is 13.4. The van der Waals surface area contributed by atoms with Crippen LogP contribution in [0.5, 0.6) is 11.5 Å². The summed E-state index contributed by atoms with van der Waals surface area (Å²) < 4.78 is 10.8. The molecule has 0 bridgehead atoms. The van der Waals surface area contributed by atoms with Gasteiger partial charge in [0.05, 0.1) is 14.2 Å². The first kappa shape index (κ1) is 14.8. The molecule has 18 heavy (non-hydrogen) atoms. The molecule has 0 saturated heterocycles. The molecule has 0 aliphatic carbocycles. The molecule has 4 nitrogen and oxygen atoms in total. The predicted octanol–water partition coefficient (Wildman–Crippen LogP) is 1.36. The van der Waals surface area contributed by atoms with E-state index in [1.165, 1.54) is 5.56 Å². The van der Waals surface area contributed by atoms with Gasteiger partial charge in [0.2, 0.25) is 0 Å². The van der Waals surface area contributed by atoms with Gasteiger partial charge in [-0.2, -0.15) is 0 Å². The smallest absolute Gasteiger partial charge is 0.122 e. The van der Waals surface area contributed by atoms with E-state index in [2.05, 4.69) is 16.7 Å².